The Bertz CT molecular complexity index is 823. The van der Waals surface area contributed by atoms with Crippen LogP contribution in [-0.4, -0.2) is 22.4 Å². The van der Waals surface area contributed by atoms with Crippen molar-refractivity contribution in [1.82, 2.24) is 4.57 Å². The fraction of sp³-hybridized carbons (Fsp3) is 0.333. The molecule has 2 aromatic rings. The lowest BCUT2D eigenvalue weighted by atomic mass is 10.1. The molecule has 1 aliphatic heterocycles. The molecule has 0 amide bonds. The summed E-state index contributed by atoms with van der Waals surface area (Å²) < 4.78 is 13.1. The van der Waals surface area contributed by atoms with Gasteiger partial charge in [-0.25, -0.2) is 4.79 Å². The maximum absolute atomic E-state index is 11.4. The topological polar surface area (TPSA) is 60.7 Å². The average molecular weight is 303 g/mol. The molecular weight excluding hydrogens is 290 g/mol. The van der Waals surface area contributed by atoms with Gasteiger partial charge < -0.3 is 19.1 Å². The van der Waals surface area contributed by atoms with Crippen LogP contribution in [0.15, 0.2) is 18.3 Å². The van der Waals surface area contributed by atoms with Crippen LogP contribution in [0.25, 0.3) is 10.9 Å². The second kappa shape index (κ2) is 4.46. The van der Waals surface area contributed by atoms with Gasteiger partial charge in [0.1, 0.15) is 0 Å². The second-order valence-corrected chi connectivity index (χ2v) is 5.90. The summed E-state index contributed by atoms with van der Waals surface area (Å²) in [5.74, 6) is 0.934. The Morgan fingerprint density at radius 2 is 2.05 bits per heavy atom. The summed E-state index contributed by atoms with van der Waals surface area (Å²) in [5.41, 5.74) is 1.07. The molecule has 0 atom stereocenters. The third kappa shape index (κ3) is 2.06. The van der Waals surface area contributed by atoms with Crippen molar-refractivity contribution in [3.63, 3.8) is 0 Å². The van der Waals surface area contributed by atoms with Crippen molar-refractivity contribution in [3.05, 3.63) is 28.4 Å². The van der Waals surface area contributed by atoms with E-state index in [1.165, 1.54) is 12.8 Å². The number of benzene rings is 1. The van der Waals surface area contributed by atoms with Gasteiger partial charge in [-0.15, -0.1) is 0 Å². The first-order valence-electron chi connectivity index (χ1n) is 6.83. The van der Waals surface area contributed by atoms with Gasteiger partial charge in [0.15, 0.2) is 11.5 Å². The van der Waals surface area contributed by atoms with Crippen molar-refractivity contribution >= 4 is 29.1 Å². The summed E-state index contributed by atoms with van der Waals surface area (Å²) in [5, 5.41) is 10.1. The lowest BCUT2D eigenvalue weighted by Gasteiger charge is -2.13. The van der Waals surface area contributed by atoms with E-state index in [1.54, 1.807) is 12.3 Å². The molecule has 0 bridgehead atoms. The van der Waals surface area contributed by atoms with E-state index in [9.17, 15) is 9.90 Å². The Labute approximate surface area is 125 Å². The Kier molecular flexibility index (Phi) is 2.68. The van der Waals surface area contributed by atoms with E-state index in [0.29, 0.717) is 21.9 Å². The zero-order valence-corrected chi connectivity index (χ0v) is 12.0. The highest BCUT2D eigenvalue weighted by molar-refractivity contribution is 7.71. The van der Waals surface area contributed by atoms with Gasteiger partial charge in [-0.3, -0.25) is 0 Å². The van der Waals surface area contributed by atoms with Gasteiger partial charge in [-0.1, -0.05) is 12.2 Å². The van der Waals surface area contributed by atoms with Crippen molar-refractivity contribution in [2.45, 2.75) is 19.4 Å². The van der Waals surface area contributed by atoms with E-state index in [-0.39, 0.29) is 12.4 Å². The number of aromatic carboxylic acids is 1. The van der Waals surface area contributed by atoms with Gasteiger partial charge in [-0.2, -0.15) is 0 Å². The van der Waals surface area contributed by atoms with E-state index in [0.717, 1.165) is 17.4 Å². The number of fused-ring (bicyclic) bond motifs is 2. The van der Waals surface area contributed by atoms with Crippen molar-refractivity contribution < 1.29 is 19.4 Å². The standard InChI is InChI=1S/C15H13NO4S/c17-15(18)10-6-16(5-8-1-2-8)11-4-13-12(19-7-20-13)3-9(11)14(10)21/h3-4,6,8H,1-2,5,7H2,(H,17,18). The smallest absolute Gasteiger partial charge is 0.338 e. The molecule has 4 rings (SSSR count). The SMILES string of the molecule is O=C(O)c1cn(CC2CC2)c2cc3c(cc2c1=S)OCO3. The Hall–Kier alpha value is -2.08. The summed E-state index contributed by atoms with van der Waals surface area (Å²) in [6, 6.07) is 3.68. The van der Waals surface area contributed by atoms with E-state index >= 15 is 0 Å². The molecule has 1 N–H and O–H groups in total. The number of rotatable bonds is 3. The van der Waals surface area contributed by atoms with Crippen LogP contribution in [0.4, 0.5) is 0 Å². The van der Waals surface area contributed by atoms with E-state index < -0.39 is 5.97 Å². The molecule has 1 fully saturated rings. The first-order valence-corrected chi connectivity index (χ1v) is 7.24. The number of ether oxygens (including phenoxy) is 2. The molecule has 108 valence electrons. The number of pyridine rings is 1. The number of carbonyl (C=O) groups is 1. The van der Waals surface area contributed by atoms with E-state index in [2.05, 4.69) is 0 Å². The van der Waals surface area contributed by atoms with Gasteiger partial charge in [0.2, 0.25) is 6.79 Å². The predicted molar refractivity (Wildman–Crippen MR) is 78.6 cm³/mol. The molecule has 1 aliphatic carbocycles. The van der Waals surface area contributed by atoms with Crippen molar-refractivity contribution in [3.8, 4) is 11.5 Å². The van der Waals surface area contributed by atoms with E-state index in [1.807, 2.05) is 10.6 Å². The number of carboxylic acids is 1. The number of hydrogen-bond donors (Lipinski definition) is 1. The first kappa shape index (κ1) is 12.6. The summed E-state index contributed by atoms with van der Waals surface area (Å²) in [6.07, 6.45) is 4.03. The normalized spacial score (nSPS) is 16.4. The molecule has 1 aromatic carbocycles. The highest BCUT2D eigenvalue weighted by atomic mass is 32.1. The van der Waals surface area contributed by atoms with Crippen LogP contribution >= 0.6 is 12.2 Å². The summed E-state index contributed by atoms with van der Waals surface area (Å²) in [7, 11) is 0. The molecule has 0 radical (unpaired) electrons. The molecule has 0 saturated heterocycles. The third-order valence-electron chi connectivity index (χ3n) is 3.96. The van der Waals surface area contributed by atoms with Gasteiger partial charge >= 0.3 is 5.97 Å². The molecule has 2 heterocycles. The fourth-order valence-corrected chi connectivity index (χ4v) is 2.97. The minimum absolute atomic E-state index is 0.164. The lowest BCUT2D eigenvalue weighted by Crippen LogP contribution is -2.08. The maximum atomic E-state index is 11.4. The number of carboxylic acid groups (broad SMARTS) is 1. The molecule has 21 heavy (non-hydrogen) atoms. The highest BCUT2D eigenvalue weighted by Gasteiger charge is 2.24. The number of nitrogens with zero attached hydrogens (tertiary/aromatic N) is 1. The van der Waals surface area contributed by atoms with Crippen LogP contribution in [0, 0.1) is 10.4 Å². The molecule has 5 nitrogen and oxygen atoms in total. The van der Waals surface area contributed by atoms with Gasteiger partial charge in [0.05, 0.1) is 15.6 Å². The highest BCUT2D eigenvalue weighted by Crippen LogP contribution is 2.38. The average Bonchev–Trinajstić information content (AvgIpc) is 3.15. The fourth-order valence-electron chi connectivity index (χ4n) is 2.66. The van der Waals surface area contributed by atoms with Gasteiger partial charge in [0, 0.05) is 24.2 Å². The quantitative estimate of drug-likeness (QED) is 0.882. The van der Waals surface area contributed by atoms with Gasteiger partial charge in [-0.05, 0) is 24.8 Å². The molecule has 1 aromatic heterocycles. The lowest BCUT2D eigenvalue weighted by molar-refractivity contribution is 0.0695. The number of aromatic nitrogens is 1. The molecule has 2 aliphatic rings. The Morgan fingerprint density at radius 3 is 2.71 bits per heavy atom. The van der Waals surface area contributed by atoms with Crippen molar-refractivity contribution in [1.29, 1.82) is 0 Å². The van der Waals surface area contributed by atoms with Crippen LogP contribution < -0.4 is 9.47 Å². The summed E-state index contributed by atoms with van der Waals surface area (Å²) in [4.78, 5) is 11.4. The molecule has 0 spiro atoms. The van der Waals surface area contributed by atoms with E-state index in [4.69, 9.17) is 21.7 Å². The van der Waals surface area contributed by atoms with Crippen LogP contribution in [0.3, 0.4) is 0 Å². The maximum Gasteiger partial charge on any atom is 0.338 e. The molecular formula is C15H13NO4S. The van der Waals surface area contributed by atoms with Crippen LogP contribution in [-0.2, 0) is 6.54 Å². The van der Waals surface area contributed by atoms with Crippen molar-refractivity contribution in [2.75, 3.05) is 6.79 Å². The third-order valence-corrected chi connectivity index (χ3v) is 4.40. The van der Waals surface area contributed by atoms with Gasteiger partial charge in [0.25, 0.3) is 0 Å². The summed E-state index contributed by atoms with van der Waals surface area (Å²) in [6.45, 7) is 0.999. The second-order valence-electron chi connectivity index (χ2n) is 5.50. The predicted octanol–water partition coefficient (Wildman–Crippen LogP) is 3.21. The monoisotopic (exact) mass is 303 g/mol. The molecule has 1 saturated carbocycles. The van der Waals surface area contributed by atoms with Crippen molar-refractivity contribution in [2.24, 2.45) is 5.92 Å². The van der Waals surface area contributed by atoms with Crippen LogP contribution in [0.1, 0.15) is 23.2 Å². The zero-order chi connectivity index (χ0) is 14.6. The Balaban J connectivity index is 2.02. The van der Waals surface area contributed by atoms with Crippen LogP contribution in [0.5, 0.6) is 11.5 Å². The van der Waals surface area contributed by atoms with Crippen LogP contribution in [0.2, 0.25) is 0 Å². The minimum Gasteiger partial charge on any atom is -0.478 e. The minimum atomic E-state index is -0.996. The summed E-state index contributed by atoms with van der Waals surface area (Å²) >= 11 is 5.34. The first-order chi connectivity index (χ1) is 10.1. The Morgan fingerprint density at radius 1 is 1.33 bits per heavy atom. The largest absolute Gasteiger partial charge is 0.478 e. The molecule has 6 heteroatoms. The number of hydrogen-bond acceptors (Lipinski definition) is 4. The zero-order valence-electron chi connectivity index (χ0n) is 11.2. The molecule has 0 unspecified atom stereocenters.